The highest BCUT2D eigenvalue weighted by Gasteiger charge is 2.46. The van der Waals surface area contributed by atoms with Crippen molar-refractivity contribution in [2.45, 2.75) is 163 Å². The second kappa shape index (κ2) is 13.5. The molecular formula is C50H65O6P. The molecule has 0 spiro atoms. The molecule has 6 nitrogen and oxygen atoms in total. The Balaban J connectivity index is 1.66. The number of rotatable bonds is 3. The molecule has 1 atom stereocenters. The molecule has 1 unspecified atom stereocenters. The van der Waals surface area contributed by atoms with Crippen LogP contribution in [0, 0.1) is 0 Å². The second-order valence-electron chi connectivity index (χ2n) is 22.4. The van der Waals surface area contributed by atoms with E-state index in [1.807, 2.05) is 24.3 Å². The smallest absolute Gasteiger partial charge is 0.425 e. The minimum absolute atomic E-state index is 0.166. The van der Waals surface area contributed by atoms with E-state index in [1.165, 1.54) is 0 Å². The highest BCUT2D eigenvalue weighted by molar-refractivity contribution is 7.49. The molecule has 0 N–H and O–H groups in total. The molecule has 0 aromatic heterocycles. The lowest BCUT2D eigenvalue weighted by molar-refractivity contribution is -0.133. The van der Waals surface area contributed by atoms with Crippen molar-refractivity contribution in [3.8, 4) is 34.1 Å². The molecule has 57 heavy (non-hydrogen) atoms. The molecule has 306 valence electrons. The van der Waals surface area contributed by atoms with Crippen molar-refractivity contribution < 1.29 is 27.7 Å². The summed E-state index contributed by atoms with van der Waals surface area (Å²) in [5.74, 6) is 0.443. The molecule has 2 heterocycles. The normalized spacial score (nSPS) is 17.1. The number of ether oxygens (including phenoxy) is 1. The highest BCUT2D eigenvalue weighted by atomic mass is 31.2. The number of benzene rings is 4. The van der Waals surface area contributed by atoms with E-state index in [0.29, 0.717) is 22.8 Å². The monoisotopic (exact) mass is 792 g/mol. The first kappa shape index (κ1) is 42.6. The van der Waals surface area contributed by atoms with E-state index < -0.39 is 30.5 Å². The van der Waals surface area contributed by atoms with Gasteiger partial charge in [-0.3, -0.25) is 4.79 Å². The summed E-state index contributed by atoms with van der Waals surface area (Å²) < 4.78 is 42.1. The molecule has 0 aliphatic carbocycles. The largest absolute Gasteiger partial charge is 0.647 e. The van der Waals surface area contributed by atoms with Crippen LogP contribution in [0.3, 0.4) is 0 Å². The van der Waals surface area contributed by atoms with Crippen LogP contribution in [0.25, 0.3) is 11.1 Å². The summed E-state index contributed by atoms with van der Waals surface area (Å²) in [5, 5.41) is 0. The molecule has 6 rings (SSSR count). The standard InChI is InChI=1S/C50H65O6P/c1-45(2,3)29-19-21-39-35(23-29)41(44(51)53-39)36-24-30(46(4,5)6)20-22-40(36)54-57(52)55-42-33(25-31(47(7,8)9)27-37(42)49(13,14)15)34-26-32(48(10,11)12)28-38(43(34)56-57)50(16,17)18/h19-28,41H,1-18H3. The zero-order valence-electron chi connectivity index (χ0n) is 37.7. The molecule has 7 heteroatoms. The van der Waals surface area contributed by atoms with Crippen molar-refractivity contribution in [2.75, 3.05) is 0 Å². The summed E-state index contributed by atoms with van der Waals surface area (Å²) >= 11 is 0. The first-order valence-electron chi connectivity index (χ1n) is 20.4. The van der Waals surface area contributed by atoms with Crippen LogP contribution >= 0.6 is 7.82 Å². The molecule has 4 aromatic rings. The Hall–Kier alpha value is -4.02. The first-order chi connectivity index (χ1) is 25.8. The van der Waals surface area contributed by atoms with Gasteiger partial charge >= 0.3 is 13.8 Å². The Bertz CT molecular complexity index is 2220. The summed E-state index contributed by atoms with van der Waals surface area (Å²) in [6.45, 7) is 38.9. The summed E-state index contributed by atoms with van der Waals surface area (Å²) in [6.07, 6.45) is 0. The summed E-state index contributed by atoms with van der Waals surface area (Å²) in [7, 11) is -4.56. The Morgan fingerprint density at radius 3 is 1.30 bits per heavy atom. The van der Waals surface area contributed by atoms with Gasteiger partial charge in [0.05, 0.1) is 0 Å². The summed E-state index contributed by atoms with van der Waals surface area (Å²) in [4.78, 5) is 14.0. The molecule has 0 saturated carbocycles. The highest BCUT2D eigenvalue weighted by Crippen LogP contribution is 2.62. The van der Waals surface area contributed by atoms with E-state index in [-0.39, 0.29) is 27.4 Å². The zero-order valence-corrected chi connectivity index (χ0v) is 38.6. The molecule has 0 fully saturated rings. The SMILES string of the molecule is CC(C)(C)c1ccc2c(c1)C(c1cc(C(C)(C)C)ccc1OP1(=O)Oc3c(cc(C(C)(C)C)cc3C(C)(C)C)-c3cc(C(C)(C)C)cc(C(C)(C)C)c3O1)C(=O)O2. The lowest BCUT2D eigenvalue weighted by Gasteiger charge is -2.30. The van der Waals surface area contributed by atoms with E-state index in [9.17, 15) is 4.79 Å². The number of phosphoric ester groups is 1. The van der Waals surface area contributed by atoms with Crippen LogP contribution in [0.15, 0.2) is 60.7 Å². The molecule has 2 aliphatic heterocycles. The van der Waals surface area contributed by atoms with Crippen molar-refractivity contribution in [2.24, 2.45) is 0 Å². The van der Waals surface area contributed by atoms with Gasteiger partial charge in [0.2, 0.25) is 0 Å². The Kier molecular flexibility index (Phi) is 10.1. The quantitative estimate of drug-likeness (QED) is 0.117. The second-order valence-corrected chi connectivity index (χ2v) is 23.8. The molecule has 2 aliphatic rings. The maximum atomic E-state index is 15.8. The minimum Gasteiger partial charge on any atom is -0.425 e. The predicted octanol–water partition coefficient (Wildman–Crippen LogP) is 14.1. The predicted molar refractivity (Wildman–Crippen MR) is 234 cm³/mol. The minimum atomic E-state index is -4.56. The van der Waals surface area contributed by atoms with Gasteiger partial charge in [0.25, 0.3) is 0 Å². The van der Waals surface area contributed by atoms with Gasteiger partial charge < -0.3 is 18.3 Å². The van der Waals surface area contributed by atoms with Gasteiger partial charge in [-0.05, 0) is 79.0 Å². The zero-order chi connectivity index (χ0) is 42.6. The molecule has 0 saturated heterocycles. The topological polar surface area (TPSA) is 71.1 Å². The molecule has 0 radical (unpaired) electrons. The van der Waals surface area contributed by atoms with E-state index in [0.717, 1.165) is 50.1 Å². The van der Waals surface area contributed by atoms with Gasteiger partial charge in [-0.25, -0.2) is 0 Å². The first-order valence-corrected chi connectivity index (χ1v) is 21.8. The van der Waals surface area contributed by atoms with Crippen LogP contribution in [0.1, 0.15) is 175 Å². The van der Waals surface area contributed by atoms with Gasteiger partial charge in [-0.2, -0.15) is 4.57 Å². The number of carbonyl (C=O) groups is 1. The van der Waals surface area contributed by atoms with E-state index in [4.69, 9.17) is 18.3 Å². The van der Waals surface area contributed by atoms with Gasteiger partial charge in [0.1, 0.15) is 28.9 Å². The number of fused-ring (bicyclic) bond motifs is 4. The summed E-state index contributed by atoms with van der Waals surface area (Å²) in [5.41, 5.74) is 7.40. The van der Waals surface area contributed by atoms with Gasteiger partial charge in [0, 0.05) is 33.4 Å². The third-order valence-corrected chi connectivity index (χ3v) is 12.5. The molecule has 4 aromatic carbocycles. The Morgan fingerprint density at radius 2 is 0.895 bits per heavy atom. The van der Waals surface area contributed by atoms with Crippen molar-refractivity contribution in [3.05, 3.63) is 105 Å². The van der Waals surface area contributed by atoms with Crippen LogP contribution in [-0.4, -0.2) is 5.97 Å². The van der Waals surface area contributed by atoms with Crippen molar-refractivity contribution in [1.29, 1.82) is 0 Å². The van der Waals surface area contributed by atoms with Crippen LogP contribution in [-0.2, 0) is 41.8 Å². The van der Waals surface area contributed by atoms with E-state index in [2.05, 4.69) is 155 Å². The van der Waals surface area contributed by atoms with Gasteiger partial charge in [-0.15, -0.1) is 0 Å². The van der Waals surface area contributed by atoms with Gasteiger partial charge in [-0.1, -0.05) is 161 Å². The lowest BCUT2D eigenvalue weighted by atomic mass is 9.75. The number of hydrogen-bond donors (Lipinski definition) is 0. The van der Waals surface area contributed by atoms with Crippen molar-refractivity contribution in [1.82, 2.24) is 0 Å². The fourth-order valence-electron chi connectivity index (χ4n) is 7.48. The Labute approximate surface area is 342 Å². The number of phosphoric acid groups is 1. The van der Waals surface area contributed by atoms with Crippen LogP contribution in [0.5, 0.6) is 23.0 Å². The molecule has 0 amide bonds. The number of esters is 1. The van der Waals surface area contributed by atoms with Crippen LogP contribution < -0.4 is 18.3 Å². The van der Waals surface area contributed by atoms with Crippen LogP contribution in [0.2, 0.25) is 0 Å². The number of carbonyl (C=O) groups excluding carboxylic acids is 1. The average Bonchev–Trinajstić information content (AvgIpc) is 3.29. The maximum Gasteiger partial charge on any atom is 0.647 e. The lowest BCUT2D eigenvalue weighted by Crippen LogP contribution is -2.19. The van der Waals surface area contributed by atoms with Crippen molar-refractivity contribution >= 4 is 13.8 Å². The molecular weight excluding hydrogens is 728 g/mol. The van der Waals surface area contributed by atoms with Gasteiger partial charge in [0.15, 0.2) is 0 Å². The maximum absolute atomic E-state index is 15.8. The van der Waals surface area contributed by atoms with E-state index in [1.54, 1.807) is 6.07 Å². The fraction of sp³-hybridized carbons (Fsp3) is 0.500. The van der Waals surface area contributed by atoms with Crippen LogP contribution in [0.4, 0.5) is 0 Å². The average molecular weight is 793 g/mol. The molecule has 0 bridgehead atoms. The third kappa shape index (κ3) is 8.31. The number of hydrogen-bond acceptors (Lipinski definition) is 6. The fourth-order valence-corrected chi connectivity index (χ4v) is 8.84. The third-order valence-electron chi connectivity index (χ3n) is 11.3. The van der Waals surface area contributed by atoms with E-state index >= 15 is 4.57 Å². The van der Waals surface area contributed by atoms with Crippen molar-refractivity contribution in [3.63, 3.8) is 0 Å². The summed E-state index contributed by atoms with van der Waals surface area (Å²) in [6, 6.07) is 20.4. The Morgan fingerprint density at radius 1 is 0.491 bits per heavy atom.